The molecule has 0 saturated heterocycles. The van der Waals surface area contributed by atoms with Crippen molar-refractivity contribution in [2.45, 2.75) is 20.3 Å². The lowest BCUT2D eigenvalue weighted by molar-refractivity contribution is 1.30. The third-order valence-electron chi connectivity index (χ3n) is 4.82. The van der Waals surface area contributed by atoms with Gasteiger partial charge in [-0.15, -0.1) is 0 Å². The summed E-state index contributed by atoms with van der Waals surface area (Å²) in [6.07, 6.45) is 9.84. The lowest BCUT2D eigenvalue weighted by atomic mass is 9.91. The van der Waals surface area contributed by atoms with Crippen LogP contribution < -0.4 is 0 Å². The maximum atomic E-state index is 4.02. The molecule has 0 atom stereocenters. The quantitative estimate of drug-likeness (QED) is 0.618. The fraction of sp³-hybridized carbons (Fsp3) is 0.143. The molecule has 0 saturated carbocycles. The molecule has 0 fully saturated rings. The van der Waals surface area contributed by atoms with Crippen molar-refractivity contribution in [1.82, 2.24) is 0 Å². The fourth-order valence-corrected chi connectivity index (χ4v) is 3.61. The lowest BCUT2D eigenvalue weighted by Gasteiger charge is -2.13. The number of benzene rings is 2. The smallest absolute Gasteiger partial charge is 0.00297 e. The molecule has 2 aromatic carbocycles. The zero-order chi connectivity index (χ0) is 14.6. The van der Waals surface area contributed by atoms with Gasteiger partial charge in [-0.25, -0.2) is 0 Å². The van der Waals surface area contributed by atoms with E-state index < -0.39 is 0 Å². The monoisotopic (exact) mass is 270 g/mol. The summed E-state index contributed by atoms with van der Waals surface area (Å²) in [6, 6.07) is 9.00. The molecule has 0 nitrogen and oxygen atoms in total. The van der Waals surface area contributed by atoms with E-state index in [1.807, 2.05) is 6.08 Å². The number of hydrogen-bond donors (Lipinski definition) is 0. The molecule has 0 aromatic heterocycles. The molecule has 102 valence electrons. The number of rotatable bonds is 1. The first kappa shape index (κ1) is 12.4. The molecule has 2 aliphatic carbocycles. The number of aryl methyl sites for hydroxylation is 2. The molecule has 21 heavy (non-hydrogen) atoms. The van der Waals surface area contributed by atoms with Gasteiger partial charge in [0.15, 0.2) is 0 Å². The molecule has 0 amide bonds. The second kappa shape index (κ2) is 4.33. The molecule has 0 heteroatoms. The van der Waals surface area contributed by atoms with Crippen LogP contribution in [0.2, 0.25) is 0 Å². The number of fused-ring (bicyclic) bond motifs is 1. The van der Waals surface area contributed by atoms with Gasteiger partial charge in [0, 0.05) is 0 Å². The average molecular weight is 270 g/mol. The Labute approximate surface area is 125 Å². The van der Waals surface area contributed by atoms with Crippen LogP contribution in [0, 0.1) is 13.8 Å². The van der Waals surface area contributed by atoms with E-state index >= 15 is 0 Å². The van der Waals surface area contributed by atoms with Gasteiger partial charge in [-0.05, 0) is 76.1 Å². The van der Waals surface area contributed by atoms with Crippen molar-refractivity contribution in [1.29, 1.82) is 0 Å². The highest BCUT2D eigenvalue weighted by Gasteiger charge is 2.21. The van der Waals surface area contributed by atoms with Gasteiger partial charge >= 0.3 is 0 Å². The molecule has 2 aromatic rings. The van der Waals surface area contributed by atoms with Crippen molar-refractivity contribution in [3.8, 4) is 0 Å². The van der Waals surface area contributed by atoms with Crippen molar-refractivity contribution >= 4 is 22.4 Å². The van der Waals surface area contributed by atoms with Crippen LogP contribution in [-0.4, -0.2) is 0 Å². The van der Waals surface area contributed by atoms with Crippen LogP contribution in [0.1, 0.15) is 28.7 Å². The summed E-state index contributed by atoms with van der Waals surface area (Å²) in [7, 11) is 0. The fourth-order valence-electron chi connectivity index (χ4n) is 3.61. The molecular weight excluding hydrogens is 252 g/mol. The Balaban J connectivity index is 2.23. The molecule has 0 spiro atoms. The summed E-state index contributed by atoms with van der Waals surface area (Å²) < 4.78 is 0. The summed E-state index contributed by atoms with van der Waals surface area (Å²) in [6.45, 7) is 8.45. The first-order chi connectivity index (χ1) is 10.2. The largest absolute Gasteiger partial charge is 0.0985 e. The molecule has 0 radical (unpaired) electrons. The van der Waals surface area contributed by atoms with Crippen LogP contribution in [0.15, 0.2) is 60.2 Å². The van der Waals surface area contributed by atoms with Crippen molar-refractivity contribution < 1.29 is 0 Å². The van der Waals surface area contributed by atoms with E-state index in [1.54, 1.807) is 0 Å². The number of allylic oxidation sites excluding steroid dienone is 6. The van der Waals surface area contributed by atoms with Gasteiger partial charge in [0.05, 0.1) is 0 Å². The number of hydrogen-bond acceptors (Lipinski definition) is 0. The predicted octanol–water partition coefficient (Wildman–Crippen LogP) is 5.75. The summed E-state index contributed by atoms with van der Waals surface area (Å²) in [5.41, 5.74) is 9.46. The zero-order valence-electron chi connectivity index (χ0n) is 12.5. The summed E-state index contributed by atoms with van der Waals surface area (Å²) in [4.78, 5) is 0. The van der Waals surface area contributed by atoms with Gasteiger partial charge in [0.2, 0.25) is 0 Å². The zero-order valence-corrected chi connectivity index (χ0v) is 12.5. The van der Waals surface area contributed by atoms with Crippen molar-refractivity contribution in [2.75, 3.05) is 0 Å². The molecule has 0 heterocycles. The SMILES string of the molecule is C=CC1=Cc2cc(C)c(C)c3cccc(c23)C2=C1CC=C2. The Kier molecular flexibility index (Phi) is 2.56. The second-order valence-corrected chi connectivity index (χ2v) is 5.94. The molecule has 0 bridgehead atoms. The highest BCUT2D eigenvalue weighted by molar-refractivity contribution is 6.06. The molecule has 4 rings (SSSR count). The van der Waals surface area contributed by atoms with Gasteiger partial charge in [0.25, 0.3) is 0 Å². The minimum atomic E-state index is 1.01. The minimum absolute atomic E-state index is 1.01. The average Bonchev–Trinajstić information content (AvgIpc) is 2.93. The second-order valence-electron chi connectivity index (χ2n) is 5.94. The predicted molar refractivity (Wildman–Crippen MR) is 92.3 cm³/mol. The highest BCUT2D eigenvalue weighted by Crippen LogP contribution is 2.42. The van der Waals surface area contributed by atoms with Gasteiger partial charge in [-0.3, -0.25) is 0 Å². The molecule has 0 unspecified atom stereocenters. The molecule has 2 aliphatic rings. The van der Waals surface area contributed by atoms with Crippen LogP contribution in [-0.2, 0) is 0 Å². The van der Waals surface area contributed by atoms with Crippen molar-refractivity contribution in [2.24, 2.45) is 0 Å². The van der Waals surface area contributed by atoms with E-state index in [-0.39, 0.29) is 0 Å². The minimum Gasteiger partial charge on any atom is -0.0985 e. The molecule has 0 aliphatic heterocycles. The van der Waals surface area contributed by atoms with E-state index in [2.05, 4.69) is 62.9 Å². The normalized spacial score (nSPS) is 16.0. The Hall–Kier alpha value is -2.34. The van der Waals surface area contributed by atoms with Crippen molar-refractivity contribution in [3.63, 3.8) is 0 Å². The first-order valence-corrected chi connectivity index (χ1v) is 7.48. The van der Waals surface area contributed by atoms with E-state index in [9.17, 15) is 0 Å². The van der Waals surface area contributed by atoms with Gasteiger partial charge in [0.1, 0.15) is 0 Å². The summed E-state index contributed by atoms with van der Waals surface area (Å²) in [5.74, 6) is 0. The van der Waals surface area contributed by atoms with E-state index in [4.69, 9.17) is 0 Å². The highest BCUT2D eigenvalue weighted by atomic mass is 14.2. The first-order valence-electron chi connectivity index (χ1n) is 7.48. The van der Waals surface area contributed by atoms with E-state index in [1.165, 1.54) is 49.7 Å². The molecule has 0 N–H and O–H groups in total. The molecular formula is C21H18. The third kappa shape index (κ3) is 1.62. The maximum Gasteiger partial charge on any atom is -0.00297 e. The topological polar surface area (TPSA) is 0 Å². The van der Waals surface area contributed by atoms with Gasteiger partial charge < -0.3 is 0 Å². The van der Waals surface area contributed by atoms with Crippen molar-refractivity contribution in [3.05, 3.63) is 82.5 Å². The standard InChI is InChI=1S/C21H18/c1-4-15-12-16-11-13(2)14(3)17-7-5-10-20(21(16)17)19-9-6-8-18(15)19/h4-7,9-12H,1,8H2,2-3H3. The van der Waals surface area contributed by atoms with E-state index in [0.717, 1.165) is 6.42 Å². The maximum absolute atomic E-state index is 4.02. The lowest BCUT2D eigenvalue weighted by Crippen LogP contribution is -1.91. The van der Waals surface area contributed by atoms with Gasteiger partial charge in [-0.1, -0.05) is 49.1 Å². The summed E-state index contributed by atoms with van der Waals surface area (Å²) >= 11 is 0. The Morgan fingerprint density at radius 3 is 2.86 bits per heavy atom. The Morgan fingerprint density at radius 1 is 1.19 bits per heavy atom. The third-order valence-corrected chi connectivity index (χ3v) is 4.82. The van der Waals surface area contributed by atoms with Crippen LogP contribution in [0.25, 0.3) is 22.4 Å². The Bertz CT molecular complexity index is 886. The van der Waals surface area contributed by atoms with Crippen LogP contribution in [0.5, 0.6) is 0 Å². The van der Waals surface area contributed by atoms with Crippen LogP contribution in [0.3, 0.4) is 0 Å². The summed E-state index contributed by atoms with van der Waals surface area (Å²) in [5, 5.41) is 2.76. The van der Waals surface area contributed by atoms with Crippen LogP contribution >= 0.6 is 0 Å². The Morgan fingerprint density at radius 2 is 2.05 bits per heavy atom. The van der Waals surface area contributed by atoms with Gasteiger partial charge in [-0.2, -0.15) is 0 Å². The van der Waals surface area contributed by atoms with E-state index in [0.29, 0.717) is 0 Å². The van der Waals surface area contributed by atoms with Crippen LogP contribution in [0.4, 0.5) is 0 Å².